The van der Waals surface area contributed by atoms with Crippen LogP contribution in [0.4, 0.5) is 14.9 Å². The average Bonchev–Trinajstić information content (AvgIpc) is 3.25. The van der Waals surface area contributed by atoms with E-state index < -0.39 is 11.1 Å². The fraction of sp³-hybridized carbons (Fsp3) is 0.258. The van der Waals surface area contributed by atoms with Gasteiger partial charge in [-0.25, -0.2) is 4.39 Å². The van der Waals surface area contributed by atoms with Crippen molar-refractivity contribution in [2.45, 2.75) is 13.5 Å². The maximum absolute atomic E-state index is 13.2. The van der Waals surface area contributed by atoms with Gasteiger partial charge in [-0.3, -0.25) is 19.3 Å². The number of ether oxygens (including phenoxy) is 2. The van der Waals surface area contributed by atoms with Crippen LogP contribution in [0.25, 0.3) is 6.08 Å². The third-order valence-corrected chi connectivity index (χ3v) is 8.34. The minimum atomic E-state index is -0.507. The number of imide groups is 1. The molecule has 0 aromatic heterocycles. The van der Waals surface area contributed by atoms with E-state index >= 15 is 0 Å². The van der Waals surface area contributed by atoms with E-state index in [1.54, 1.807) is 35.2 Å². The van der Waals surface area contributed by atoms with Crippen LogP contribution in [-0.2, 0) is 16.2 Å². The van der Waals surface area contributed by atoms with Crippen LogP contribution in [0.15, 0.2) is 76.1 Å². The predicted molar refractivity (Wildman–Crippen MR) is 164 cm³/mol. The molecule has 2 saturated heterocycles. The molecule has 0 unspecified atom stereocenters. The van der Waals surface area contributed by atoms with Crippen molar-refractivity contribution in [1.29, 1.82) is 0 Å². The zero-order valence-electron chi connectivity index (χ0n) is 22.9. The van der Waals surface area contributed by atoms with Crippen molar-refractivity contribution in [3.05, 3.63) is 93.1 Å². The molecule has 218 valence electrons. The van der Waals surface area contributed by atoms with E-state index in [0.717, 1.165) is 27.9 Å². The number of halogens is 2. The summed E-state index contributed by atoms with van der Waals surface area (Å²) in [6.07, 6.45) is 1.60. The van der Waals surface area contributed by atoms with Crippen molar-refractivity contribution >= 4 is 56.5 Å². The van der Waals surface area contributed by atoms with Gasteiger partial charge in [0.15, 0.2) is 11.5 Å². The first-order chi connectivity index (χ1) is 20.3. The number of hydrogen-bond acceptors (Lipinski definition) is 7. The molecule has 2 aliphatic heterocycles. The molecule has 3 aromatic carbocycles. The van der Waals surface area contributed by atoms with Crippen LogP contribution in [0.1, 0.15) is 18.1 Å². The molecule has 11 heteroatoms. The molecular formula is C31H29BrFN3O5S. The van der Waals surface area contributed by atoms with Gasteiger partial charge in [0, 0.05) is 31.9 Å². The quantitative estimate of drug-likeness (QED) is 0.264. The first-order valence-corrected chi connectivity index (χ1v) is 15.1. The lowest BCUT2D eigenvalue weighted by molar-refractivity contribution is -0.136. The minimum Gasteiger partial charge on any atom is -0.490 e. The summed E-state index contributed by atoms with van der Waals surface area (Å²) >= 11 is 4.32. The summed E-state index contributed by atoms with van der Waals surface area (Å²) in [7, 11) is 0. The van der Waals surface area contributed by atoms with Gasteiger partial charge in [-0.05, 0) is 88.2 Å². The smallest absolute Gasteiger partial charge is 0.294 e. The highest BCUT2D eigenvalue weighted by molar-refractivity contribution is 9.10. The van der Waals surface area contributed by atoms with E-state index in [2.05, 4.69) is 20.8 Å². The molecule has 8 nitrogen and oxygen atoms in total. The van der Waals surface area contributed by atoms with Gasteiger partial charge in [0.2, 0.25) is 5.91 Å². The summed E-state index contributed by atoms with van der Waals surface area (Å²) in [5.74, 6) is -0.175. The Morgan fingerprint density at radius 2 is 1.71 bits per heavy atom. The summed E-state index contributed by atoms with van der Waals surface area (Å²) in [6.45, 7) is 4.52. The van der Waals surface area contributed by atoms with Crippen LogP contribution in [0.3, 0.4) is 0 Å². The molecule has 0 bridgehead atoms. The Labute approximate surface area is 256 Å². The number of amides is 3. The monoisotopic (exact) mass is 653 g/mol. The molecule has 0 N–H and O–H groups in total. The van der Waals surface area contributed by atoms with Crippen molar-refractivity contribution in [2.75, 3.05) is 44.2 Å². The van der Waals surface area contributed by atoms with Gasteiger partial charge in [-0.2, -0.15) is 0 Å². The van der Waals surface area contributed by atoms with Crippen molar-refractivity contribution in [3.63, 3.8) is 0 Å². The lowest BCUT2D eigenvalue weighted by Gasteiger charge is -2.36. The number of rotatable bonds is 9. The molecule has 3 aromatic rings. The Bertz CT molecular complexity index is 1490. The van der Waals surface area contributed by atoms with E-state index in [1.807, 2.05) is 37.3 Å². The van der Waals surface area contributed by atoms with Crippen molar-refractivity contribution in [1.82, 2.24) is 9.80 Å². The summed E-state index contributed by atoms with van der Waals surface area (Å²) in [4.78, 5) is 44.0. The van der Waals surface area contributed by atoms with Gasteiger partial charge < -0.3 is 19.3 Å². The average molecular weight is 655 g/mol. The molecule has 0 atom stereocenters. The first kappa shape index (κ1) is 29.7. The molecule has 3 amide bonds. The number of benzene rings is 3. The second kappa shape index (κ2) is 13.4. The largest absolute Gasteiger partial charge is 0.490 e. The fourth-order valence-corrected chi connectivity index (χ4v) is 6.10. The minimum absolute atomic E-state index is 0.201. The highest BCUT2D eigenvalue weighted by Gasteiger charge is 2.37. The summed E-state index contributed by atoms with van der Waals surface area (Å²) in [5, 5.41) is -0.481. The van der Waals surface area contributed by atoms with Crippen molar-refractivity contribution < 1.29 is 28.2 Å². The number of hydrogen-bond donors (Lipinski definition) is 0. The number of piperazine rings is 1. The Morgan fingerprint density at radius 1 is 1.00 bits per heavy atom. The number of nitrogens with zero attached hydrogens (tertiary/aromatic N) is 3. The van der Waals surface area contributed by atoms with Crippen LogP contribution in [0.2, 0.25) is 0 Å². The van der Waals surface area contributed by atoms with Crippen LogP contribution in [0.5, 0.6) is 11.5 Å². The van der Waals surface area contributed by atoms with Crippen molar-refractivity contribution in [3.8, 4) is 11.5 Å². The lowest BCUT2D eigenvalue weighted by Crippen LogP contribution is -2.51. The fourth-order valence-electron chi connectivity index (χ4n) is 4.69. The van der Waals surface area contributed by atoms with Crippen molar-refractivity contribution in [2.24, 2.45) is 0 Å². The van der Waals surface area contributed by atoms with Gasteiger partial charge in [0.1, 0.15) is 19.0 Å². The summed E-state index contributed by atoms with van der Waals surface area (Å²) in [5.41, 5.74) is 2.51. The number of carbonyl (C=O) groups excluding carboxylic acids is 3. The number of para-hydroxylation sites is 1. The molecule has 0 spiro atoms. The van der Waals surface area contributed by atoms with Crippen LogP contribution >= 0.6 is 27.7 Å². The lowest BCUT2D eigenvalue weighted by atomic mass is 10.1. The SMILES string of the molecule is CCOc1cc(/C=C2/SC(=O)N(CC(=O)N3CCN(c4ccccc4)CC3)C2=O)cc(Br)c1OCc1ccc(F)cc1. The number of carbonyl (C=O) groups is 3. The summed E-state index contributed by atoms with van der Waals surface area (Å²) < 4.78 is 25.6. The molecule has 2 heterocycles. The molecular weight excluding hydrogens is 625 g/mol. The number of thioether (sulfide) groups is 1. The second-order valence-electron chi connectivity index (χ2n) is 9.65. The van der Waals surface area contributed by atoms with Crippen LogP contribution in [-0.4, -0.2) is 66.2 Å². The highest BCUT2D eigenvalue weighted by Crippen LogP contribution is 2.39. The van der Waals surface area contributed by atoms with Crippen LogP contribution in [0, 0.1) is 5.82 Å². The Hall–Kier alpha value is -3.83. The standard InChI is InChI=1S/C31H29BrFN3O5S/c1-2-40-26-17-22(16-25(32)29(26)41-20-21-8-10-23(33)11-9-21)18-27-30(38)36(31(39)42-27)19-28(37)35-14-12-34(13-15-35)24-6-4-3-5-7-24/h3-11,16-18H,2,12-15,19-20H2,1H3/b27-18+. The summed E-state index contributed by atoms with van der Waals surface area (Å²) in [6, 6.07) is 19.5. The predicted octanol–water partition coefficient (Wildman–Crippen LogP) is 5.95. The van der Waals surface area contributed by atoms with Gasteiger partial charge in [-0.1, -0.05) is 30.3 Å². The molecule has 2 aliphatic rings. The first-order valence-electron chi connectivity index (χ1n) is 13.5. The molecule has 0 saturated carbocycles. The molecule has 0 radical (unpaired) electrons. The normalized spacial score (nSPS) is 16.4. The molecule has 5 rings (SSSR count). The third-order valence-electron chi connectivity index (χ3n) is 6.85. The van der Waals surface area contributed by atoms with E-state index in [4.69, 9.17) is 9.47 Å². The zero-order valence-corrected chi connectivity index (χ0v) is 25.3. The van der Waals surface area contributed by atoms with Gasteiger partial charge in [0.05, 0.1) is 16.0 Å². The zero-order chi connectivity index (χ0) is 29.6. The topological polar surface area (TPSA) is 79.4 Å². The van der Waals surface area contributed by atoms with E-state index in [1.165, 1.54) is 12.1 Å². The molecule has 2 fully saturated rings. The maximum Gasteiger partial charge on any atom is 0.294 e. The Kier molecular flexibility index (Phi) is 9.48. The van der Waals surface area contributed by atoms with Crippen LogP contribution < -0.4 is 14.4 Å². The number of anilines is 1. The van der Waals surface area contributed by atoms with E-state index in [0.29, 0.717) is 54.3 Å². The maximum atomic E-state index is 13.2. The highest BCUT2D eigenvalue weighted by atomic mass is 79.9. The third kappa shape index (κ3) is 6.96. The second-order valence-corrected chi connectivity index (χ2v) is 11.5. The van der Waals surface area contributed by atoms with E-state index in [9.17, 15) is 18.8 Å². The van der Waals surface area contributed by atoms with Gasteiger partial charge in [0.25, 0.3) is 11.1 Å². The van der Waals surface area contributed by atoms with Gasteiger partial charge >= 0.3 is 0 Å². The Morgan fingerprint density at radius 3 is 2.40 bits per heavy atom. The van der Waals surface area contributed by atoms with E-state index in [-0.39, 0.29) is 29.8 Å². The molecule has 0 aliphatic carbocycles. The molecule has 42 heavy (non-hydrogen) atoms. The Balaban J connectivity index is 1.24. The van der Waals surface area contributed by atoms with Gasteiger partial charge in [-0.15, -0.1) is 0 Å².